The molecule has 0 bridgehead atoms. The number of amides is 2. The van der Waals surface area contributed by atoms with Crippen LogP contribution in [0.2, 0.25) is 0 Å². The van der Waals surface area contributed by atoms with Crippen molar-refractivity contribution >= 4 is 23.8 Å². The maximum absolute atomic E-state index is 13.1. The number of nitrogens with one attached hydrogen (secondary N) is 1. The van der Waals surface area contributed by atoms with Gasteiger partial charge in [0.25, 0.3) is 0 Å². The molecule has 9 heteroatoms. The molecule has 5 nitrogen and oxygen atoms in total. The van der Waals surface area contributed by atoms with E-state index in [4.69, 9.17) is 4.74 Å². The van der Waals surface area contributed by atoms with Crippen LogP contribution < -0.4 is 5.32 Å². The van der Waals surface area contributed by atoms with E-state index < -0.39 is 30.1 Å². The van der Waals surface area contributed by atoms with Crippen molar-refractivity contribution in [3.8, 4) is 0 Å². The SMILES string of the molecule is O=C(N[C@H]1CCS[C@H]2CCC(C(F)(F)F)CN2C1=O)OCc1ccccc1. The number of alkyl halides is 3. The Hall–Kier alpha value is -1.90. The van der Waals surface area contributed by atoms with Gasteiger partial charge in [-0.3, -0.25) is 4.79 Å². The summed E-state index contributed by atoms with van der Waals surface area (Å²) >= 11 is 1.47. The standard InChI is InChI=1S/C18H21F3N2O3S/c19-18(20,21)13-6-7-15-23(10-13)16(24)14(8-9-27-15)22-17(25)26-11-12-4-2-1-3-5-12/h1-5,13-15H,6-11H2,(H,22,25)/t13?,14-,15-/m0/s1. The maximum Gasteiger partial charge on any atom is 0.408 e. The molecule has 1 aromatic rings. The van der Waals surface area contributed by atoms with Crippen molar-refractivity contribution < 1.29 is 27.5 Å². The molecular weight excluding hydrogens is 381 g/mol. The second-order valence-corrected chi connectivity index (χ2v) is 7.96. The second kappa shape index (κ2) is 8.41. The summed E-state index contributed by atoms with van der Waals surface area (Å²) in [5.74, 6) is -1.38. The van der Waals surface area contributed by atoms with E-state index in [1.165, 1.54) is 16.7 Å². The molecule has 2 fully saturated rings. The van der Waals surface area contributed by atoms with E-state index in [9.17, 15) is 22.8 Å². The van der Waals surface area contributed by atoms with Gasteiger partial charge in [-0.15, -0.1) is 11.8 Å². The van der Waals surface area contributed by atoms with E-state index in [0.717, 1.165) is 5.56 Å². The first kappa shape index (κ1) is 19.9. The Morgan fingerprint density at radius 2 is 1.96 bits per heavy atom. The predicted molar refractivity (Wildman–Crippen MR) is 94.9 cm³/mol. The van der Waals surface area contributed by atoms with Gasteiger partial charge in [0.2, 0.25) is 5.91 Å². The number of alkyl carbamates (subject to hydrolysis) is 1. The van der Waals surface area contributed by atoms with E-state index in [2.05, 4.69) is 5.32 Å². The van der Waals surface area contributed by atoms with Crippen LogP contribution in [0.1, 0.15) is 24.8 Å². The zero-order valence-electron chi connectivity index (χ0n) is 14.6. The molecule has 0 spiro atoms. The number of carbonyl (C=O) groups is 2. The highest BCUT2D eigenvalue weighted by molar-refractivity contribution is 7.99. The number of ether oxygens (including phenoxy) is 1. The highest BCUT2D eigenvalue weighted by atomic mass is 32.2. The molecule has 0 radical (unpaired) electrons. The maximum atomic E-state index is 13.1. The smallest absolute Gasteiger partial charge is 0.408 e. The van der Waals surface area contributed by atoms with E-state index in [1.807, 2.05) is 18.2 Å². The Morgan fingerprint density at radius 3 is 2.67 bits per heavy atom. The summed E-state index contributed by atoms with van der Waals surface area (Å²) in [5.41, 5.74) is 0.805. The lowest BCUT2D eigenvalue weighted by molar-refractivity contribution is -0.189. The highest BCUT2D eigenvalue weighted by Crippen LogP contribution is 2.39. The third kappa shape index (κ3) is 5.09. The Morgan fingerprint density at radius 1 is 1.22 bits per heavy atom. The Bertz CT molecular complexity index is 672. The summed E-state index contributed by atoms with van der Waals surface area (Å²) in [6.07, 6.45) is -4.36. The molecule has 2 amide bonds. The molecule has 3 atom stereocenters. The number of carbonyl (C=O) groups excluding carboxylic acids is 2. The molecule has 0 aliphatic carbocycles. The van der Waals surface area contributed by atoms with Crippen LogP contribution >= 0.6 is 11.8 Å². The summed E-state index contributed by atoms with van der Waals surface area (Å²) in [5, 5.41) is 2.26. The third-order valence-electron chi connectivity index (χ3n) is 4.79. The first-order valence-electron chi connectivity index (χ1n) is 8.80. The number of nitrogens with zero attached hydrogens (tertiary/aromatic N) is 1. The van der Waals surface area contributed by atoms with Crippen molar-refractivity contribution in [2.24, 2.45) is 5.92 Å². The zero-order chi connectivity index (χ0) is 19.4. The molecule has 2 saturated heterocycles. The van der Waals surface area contributed by atoms with Crippen LogP contribution in [-0.2, 0) is 16.1 Å². The molecule has 0 aromatic heterocycles. The summed E-state index contributed by atoms with van der Waals surface area (Å²) in [6.45, 7) is -0.290. The number of thioether (sulfide) groups is 1. The first-order chi connectivity index (χ1) is 12.8. The lowest BCUT2D eigenvalue weighted by Crippen LogP contribution is -2.54. The van der Waals surface area contributed by atoms with Crippen LogP contribution in [0.15, 0.2) is 30.3 Å². The van der Waals surface area contributed by atoms with E-state index >= 15 is 0 Å². The predicted octanol–water partition coefficient (Wildman–Crippen LogP) is 3.55. The minimum Gasteiger partial charge on any atom is -0.445 e. The fraction of sp³-hybridized carbons (Fsp3) is 0.556. The van der Waals surface area contributed by atoms with Gasteiger partial charge in [0.05, 0.1) is 11.3 Å². The van der Waals surface area contributed by atoms with Crippen LogP contribution in [0, 0.1) is 5.92 Å². The average molecular weight is 402 g/mol. The number of rotatable bonds is 3. The molecule has 2 heterocycles. The van der Waals surface area contributed by atoms with Crippen molar-refractivity contribution in [1.29, 1.82) is 0 Å². The first-order valence-corrected chi connectivity index (χ1v) is 9.85. The molecule has 148 valence electrons. The van der Waals surface area contributed by atoms with Gasteiger partial charge in [-0.2, -0.15) is 13.2 Å². The Balaban J connectivity index is 1.59. The number of hydrogen-bond donors (Lipinski definition) is 1. The molecule has 2 aliphatic heterocycles. The molecule has 27 heavy (non-hydrogen) atoms. The molecule has 1 N–H and O–H groups in total. The third-order valence-corrected chi connectivity index (χ3v) is 6.14. The van der Waals surface area contributed by atoms with Crippen molar-refractivity contribution in [2.75, 3.05) is 12.3 Å². The molecule has 2 aliphatic rings. The fourth-order valence-corrected chi connectivity index (χ4v) is 4.62. The summed E-state index contributed by atoms with van der Waals surface area (Å²) in [7, 11) is 0. The Labute approximate surface area is 159 Å². The largest absolute Gasteiger partial charge is 0.445 e. The summed E-state index contributed by atoms with van der Waals surface area (Å²) < 4.78 is 44.3. The monoisotopic (exact) mass is 402 g/mol. The normalized spacial score (nSPS) is 26.1. The average Bonchev–Trinajstić information content (AvgIpc) is 2.79. The molecule has 0 saturated carbocycles. The fourth-order valence-electron chi connectivity index (χ4n) is 3.30. The number of benzene rings is 1. The van der Waals surface area contributed by atoms with Crippen LogP contribution in [0.4, 0.5) is 18.0 Å². The van der Waals surface area contributed by atoms with Crippen molar-refractivity contribution in [1.82, 2.24) is 10.2 Å². The van der Waals surface area contributed by atoms with Gasteiger partial charge in [0, 0.05) is 6.54 Å². The van der Waals surface area contributed by atoms with Gasteiger partial charge in [-0.1, -0.05) is 30.3 Å². The second-order valence-electron chi connectivity index (χ2n) is 6.68. The van der Waals surface area contributed by atoms with Gasteiger partial charge >= 0.3 is 12.3 Å². The lowest BCUT2D eigenvalue weighted by atomic mass is 9.96. The van der Waals surface area contributed by atoms with E-state index in [-0.39, 0.29) is 24.9 Å². The number of hydrogen-bond acceptors (Lipinski definition) is 4. The number of halogens is 3. The van der Waals surface area contributed by atoms with Crippen molar-refractivity contribution in [3.05, 3.63) is 35.9 Å². The van der Waals surface area contributed by atoms with E-state index in [0.29, 0.717) is 18.6 Å². The van der Waals surface area contributed by atoms with Crippen LogP contribution in [0.3, 0.4) is 0 Å². The minimum atomic E-state index is -4.32. The van der Waals surface area contributed by atoms with Gasteiger partial charge < -0.3 is 15.0 Å². The summed E-state index contributed by atoms with van der Waals surface area (Å²) in [4.78, 5) is 26.1. The van der Waals surface area contributed by atoms with Crippen LogP contribution in [-0.4, -0.2) is 46.8 Å². The topological polar surface area (TPSA) is 58.6 Å². The quantitative estimate of drug-likeness (QED) is 0.840. The molecular formula is C18H21F3N2O3S. The molecule has 3 rings (SSSR count). The van der Waals surface area contributed by atoms with E-state index in [1.54, 1.807) is 12.1 Å². The van der Waals surface area contributed by atoms with Crippen molar-refractivity contribution in [3.63, 3.8) is 0 Å². The highest BCUT2D eigenvalue weighted by Gasteiger charge is 2.47. The lowest BCUT2D eigenvalue weighted by Gasteiger charge is -2.39. The number of fused-ring (bicyclic) bond motifs is 1. The molecule has 1 unspecified atom stereocenters. The minimum absolute atomic E-state index is 0.0299. The van der Waals surface area contributed by atoms with Crippen molar-refractivity contribution in [2.45, 2.75) is 43.5 Å². The zero-order valence-corrected chi connectivity index (χ0v) is 15.4. The summed E-state index contributed by atoms with van der Waals surface area (Å²) in [6, 6.07) is 8.21. The van der Waals surface area contributed by atoms with Crippen LogP contribution in [0.25, 0.3) is 0 Å². The Kier molecular flexibility index (Phi) is 6.18. The van der Waals surface area contributed by atoms with Gasteiger partial charge in [0.15, 0.2) is 0 Å². The van der Waals surface area contributed by atoms with Crippen LogP contribution in [0.5, 0.6) is 0 Å². The van der Waals surface area contributed by atoms with Gasteiger partial charge in [0.1, 0.15) is 12.6 Å². The molecule has 1 aromatic carbocycles. The van der Waals surface area contributed by atoms with Gasteiger partial charge in [-0.25, -0.2) is 4.79 Å². The van der Waals surface area contributed by atoms with Gasteiger partial charge in [-0.05, 0) is 30.6 Å². The number of piperidine rings is 1.